The van der Waals surface area contributed by atoms with Gasteiger partial charge in [-0.1, -0.05) is 32.6 Å². The van der Waals surface area contributed by atoms with Crippen molar-refractivity contribution in [3.8, 4) is 0 Å². The lowest BCUT2D eigenvalue weighted by atomic mass is 9.83. The third-order valence-electron chi connectivity index (χ3n) is 6.18. The highest BCUT2D eigenvalue weighted by molar-refractivity contribution is 5.66. The fourth-order valence-corrected chi connectivity index (χ4v) is 4.39. The molecule has 4 nitrogen and oxygen atoms in total. The summed E-state index contributed by atoms with van der Waals surface area (Å²) in [6, 6.07) is 0. The molecule has 1 fully saturated rings. The molecular weight excluding hydrogens is 354 g/mol. The number of aliphatic hydroxyl groups excluding tert-OH is 2. The van der Waals surface area contributed by atoms with Gasteiger partial charge >= 0.3 is 5.97 Å². The standard InChI is InChI=1S/C21H38F2O4/c1-2-3-14-21(22,23)17(15-24)12-10-16-11-13-19(25)18(16)8-6-4-5-7-9-20(26)27/h16-19,24-25H,2-15H2,1H3,(H,26,27)/t16-,17?,18?,19?/m0/s1. The summed E-state index contributed by atoms with van der Waals surface area (Å²) in [5.74, 6) is -4.18. The molecule has 1 aliphatic rings. The monoisotopic (exact) mass is 392 g/mol. The molecule has 27 heavy (non-hydrogen) atoms. The molecule has 0 heterocycles. The summed E-state index contributed by atoms with van der Waals surface area (Å²) in [6.07, 6.45) is 7.69. The van der Waals surface area contributed by atoms with Crippen LogP contribution in [0.1, 0.15) is 90.4 Å². The van der Waals surface area contributed by atoms with Gasteiger partial charge in [-0.25, -0.2) is 8.78 Å². The number of carbonyl (C=O) groups is 1. The van der Waals surface area contributed by atoms with Gasteiger partial charge in [-0.15, -0.1) is 0 Å². The maximum atomic E-state index is 14.2. The first kappa shape index (κ1) is 24.3. The number of unbranched alkanes of at least 4 members (excludes halogenated alkanes) is 4. The predicted molar refractivity (Wildman–Crippen MR) is 102 cm³/mol. The Bertz CT molecular complexity index is 417. The van der Waals surface area contributed by atoms with E-state index in [1.54, 1.807) is 0 Å². The van der Waals surface area contributed by atoms with Crippen molar-refractivity contribution in [3.63, 3.8) is 0 Å². The summed E-state index contributed by atoms with van der Waals surface area (Å²) in [7, 11) is 0. The Labute approximate surface area is 162 Å². The number of alkyl halides is 2. The van der Waals surface area contributed by atoms with E-state index < -0.39 is 24.4 Å². The Morgan fingerprint density at radius 2 is 1.81 bits per heavy atom. The summed E-state index contributed by atoms with van der Waals surface area (Å²) in [6.45, 7) is 1.40. The second kappa shape index (κ2) is 12.7. The van der Waals surface area contributed by atoms with Gasteiger partial charge in [0.15, 0.2) is 0 Å². The van der Waals surface area contributed by atoms with Crippen LogP contribution in [0, 0.1) is 17.8 Å². The van der Waals surface area contributed by atoms with Crippen molar-refractivity contribution in [2.45, 2.75) is 102 Å². The summed E-state index contributed by atoms with van der Waals surface area (Å²) >= 11 is 0. The maximum Gasteiger partial charge on any atom is 0.303 e. The highest BCUT2D eigenvalue weighted by Crippen LogP contribution is 2.41. The van der Waals surface area contributed by atoms with Crippen LogP contribution in [-0.4, -0.2) is 39.9 Å². The van der Waals surface area contributed by atoms with E-state index in [1.807, 2.05) is 6.92 Å². The van der Waals surface area contributed by atoms with Gasteiger partial charge in [0, 0.05) is 18.8 Å². The van der Waals surface area contributed by atoms with E-state index in [4.69, 9.17) is 5.11 Å². The largest absolute Gasteiger partial charge is 0.481 e. The van der Waals surface area contributed by atoms with Crippen molar-refractivity contribution < 1.29 is 28.9 Å². The Kier molecular flexibility index (Phi) is 11.4. The summed E-state index contributed by atoms with van der Waals surface area (Å²) < 4.78 is 28.5. The molecule has 0 radical (unpaired) electrons. The van der Waals surface area contributed by atoms with Gasteiger partial charge in [-0.05, 0) is 56.8 Å². The van der Waals surface area contributed by atoms with Crippen LogP contribution in [-0.2, 0) is 4.79 Å². The predicted octanol–water partition coefficient (Wildman–Crippen LogP) is 5.01. The lowest BCUT2D eigenvalue weighted by molar-refractivity contribution is -0.137. The molecule has 3 N–H and O–H groups in total. The van der Waals surface area contributed by atoms with E-state index in [0.29, 0.717) is 25.7 Å². The van der Waals surface area contributed by atoms with E-state index in [2.05, 4.69) is 0 Å². The lowest BCUT2D eigenvalue weighted by Crippen LogP contribution is -2.32. The molecule has 0 aliphatic heterocycles. The van der Waals surface area contributed by atoms with Crippen LogP contribution in [0.4, 0.5) is 8.78 Å². The minimum Gasteiger partial charge on any atom is -0.481 e. The van der Waals surface area contributed by atoms with E-state index in [1.165, 1.54) is 0 Å². The first-order valence-corrected chi connectivity index (χ1v) is 10.7. The molecule has 0 amide bonds. The Morgan fingerprint density at radius 1 is 1.11 bits per heavy atom. The van der Waals surface area contributed by atoms with E-state index >= 15 is 0 Å². The number of hydrogen-bond donors (Lipinski definition) is 3. The van der Waals surface area contributed by atoms with Crippen LogP contribution in [0.25, 0.3) is 0 Å². The van der Waals surface area contributed by atoms with Crippen molar-refractivity contribution >= 4 is 5.97 Å². The molecule has 0 spiro atoms. The maximum absolute atomic E-state index is 14.2. The molecule has 3 unspecified atom stereocenters. The molecule has 0 aromatic rings. The van der Waals surface area contributed by atoms with Gasteiger partial charge in [-0.3, -0.25) is 4.79 Å². The zero-order chi connectivity index (χ0) is 20.3. The molecule has 1 saturated carbocycles. The van der Waals surface area contributed by atoms with Crippen LogP contribution in [0.3, 0.4) is 0 Å². The second-order valence-electron chi connectivity index (χ2n) is 8.24. The average molecular weight is 393 g/mol. The summed E-state index contributed by atoms with van der Waals surface area (Å²) in [5.41, 5.74) is 0. The number of aliphatic carboxylic acids is 1. The normalized spacial score (nSPS) is 24.3. The van der Waals surface area contributed by atoms with Crippen LogP contribution in [0.15, 0.2) is 0 Å². The van der Waals surface area contributed by atoms with Gasteiger partial charge in [0.25, 0.3) is 5.92 Å². The zero-order valence-corrected chi connectivity index (χ0v) is 16.7. The van der Waals surface area contributed by atoms with E-state index in [-0.39, 0.29) is 30.8 Å². The third kappa shape index (κ3) is 8.86. The van der Waals surface area contributed by atoms with Gasteiger partial charge in [0.2, 0.25) is 0 Å². The number of hydrogen-bond acceptors (Lipinski definition) is 3. The first-order chi connectivity index (χ1) is 12.8. The van der Waals surface area contributed by atoms with Gasteiger partial charge < -0.3 is 15.3 Å². The molecule has 6 heteroatoms. The molecule has 0 saturated heterocycles. The van der Waals surface area contributed by atoms with Crippen LogP contribution >= 0.6 is 0 Å². The van der Waals surface area contributed by atoms with Crippen molar-refractivity contribution in [1.29, 1.82) is 0 Å². The molecular formula is C21H38F2O4. The summed E-state index contributed by atoms with van der Waals surface area (Å²) in [4.78, 5) is 10.5. The second-order valence-corrected chi connectivity index (χ2v) is 8.24. The van der Waals surface area contributed by atoms with E-state index in [9.17, 15) is 23.8 Å². The van der Waals surface area contributed by atoms with Gasteiger partial charge in [-0.2, -0.15) is 0 Å². The highest BCUT2D eigenvalue weighted by Gasteiger charge is 2.40. The average Bonchev–Trinajstić information content (AvgIpc) is 2.96. The first-order valence-electron chi connectivity index (χ1n) is 10.7. The van der Waals surface area contributed by atoms with Crippen LogP contribution < -0.4 is 0 Å². The van der Waals surface area contributed by atoms with Crippen LogP contribution in [0.5, 0.6) is 0 Å². The number of carboxylic acids is 1. The van der Waals surface area contributed by atoms with Crippen LogP contribution in [0.2, 0.25) is 0 Å². The Hall–Kier alpha value is -0.750. The van der Waals surface area contributed by atoms with Gasteiger partial charge in [0.1, 0.15) is 0 Å². The topological polar surface area (TPSA) is 77.8 Å². The number of halogens is 2. The van der Waals surface area contributed by atoms with Crippen molar-refractivity contribution in [3.05, 3.63) is 0 Å². The summed E-state index contributed by atoms with van der Waals surface area (Å²) in [5, 5.41) is 28.3. The molecule has 1 rings (SSSR count). The minimum absolute atomic E-state index is 0.146. The zero-order valence-electron chi connectivity index (χ0n) is 16.7. The van der Waals surface area contributed by atoms with Gasteiger partial charge in [0.05, 0.1) is 12.7 Å². The Balaban J connectivity index is 2.39. The van der Waals surface area contributed by atoms with Crippen molar-refractivity contribution in [2.75, 3.05) is 6.61 Å². The molecule has 4 atom stereocenters. The molecule has 1 aliphatic carbocycles. The molecule has 0 aromatic heterocycles. The number of rotatable bonds is 15. The fourth-order valence-electron chi connectivity index (χ4n) is 4.39. The Morgan fingerprint density at radius 3 is 2.44 bits per heavy atom. The van der Waals surface area contributed by atoms with E-state index in [0.717, 1.165) is 44.9 Å². The minimum atomic E-state index is -2.82. The SMILES string of the molecule is CCCCC(F)(F)C(CO)CC[C@H]1CCC(O)C1CCCCCCC(=O)O. The number of aliphatic hydroxyl groups is 2. The quantitative estimate of drug-likeness (QED) is 0.342. The smallest absolute Gasteiger partial charge is 0.303 e. The highest BCUT2D eigenvalue weighted by atomic mass is 19.3. The third-order valence-corrected chi connectivity index (χ3v) is 6.18. The lowest BCUT2D eigenvalue weighted by Gasteiger charge is -2.28. The van der Waals surface area contributed by atoms with Crippen molar-refractivity contribution in [1.82, 2.24) is 0 Å². The molecule has 160 valence electrons. The fraction of sp³-hybridized carbons (Fsp3) is 0.952. The molecule has 0 bridgehead atoms. The van der Waals surface area contributed by atoms with Crippen molar-refractivity contribution in [2.24, 2.45) is 17.8 Å². The molecule has 0 aromatic carbocycles. The number of carboxylic acid groups (broad SMARTS) is 1.